The van der Waals surface area contributed by atoms with Crippen LogP contribution in [0.2, 0.25) is 0 Å². The first-order valence-corrected chi connectivity index (χ1v) is 8.15. The lowest BCUT2D eigenvalue weighted by atomic mass is 9.90. The Morgan fingerprint density at radius 3 is 2.58 bits per heavy atom. The molecule has 0 radical (unpaired) electrons. The molecule has 0 bridgehead atoms. The molecule has 1 aliphatic rings. The molecule has 1 N–H and O–H groups in total. The van der Waals surface area contributed by atoms with Crippen LogP contribution in [0.5, 0.6) is 0 Å². The molecule has 2 rings (SSSR count). The van der Waals surface area contributed by atoms with E-state index in [0.717, 1.165) is 5.56 Å². The average molecular weight is 335 g/mol. The molecule has 0 spiro atoms. The Morgan fingerprint density at radius 1 is 1.25 bits per heavy atom. The maximum Gasteiger partial charge on any atom is 0.302 e. The monoisotopic (exact) mass is 335 g/mol. The van der Waals surface area contributed by atoms with Gasteiger partial charge in [0.2, 0.25) is 5.91 Å². The summed E-state index contributed by atoms with van der Waals surface area (Å²) in [5, 5.41) is 2.89. The van der Waals surface area contributed by atoms with Gasteiger partial charge in [-0.3, -0.25) is 9.59 Å². The van der Waals surface area contributed by atoms with Crippen molar-refractivity contribution in [2.75, 3.05) is 13.2 Å². The highest BCUT2D eigenvalue weighted by atomic mass is 16.6. The Morgan fingerprint density at radius 2 is 1.96 bits per heavy atom. The van der Waals surface area contributed by atoms with Gasteiger partial charge in [0.05, 0.1) is 31.5 Å². The zero-order valence-electron chi connectivity index (χ0n) is 14.4. The molecule has 1 aliphatic heterocycles. The number of hydrogen-bond acceptors (Lipinski definition) is 5. The molecule has 6 nitrogen and oxygen atoms in total. The van der Waals surface area contributed by atoms with E-state index in [1.807, 2.05) is 37.3 Å². The second-order valence-electron chi connectivity index (χ2n) is 6.10. The molecule has 0 saturated carbocycles. The molecule has 1 heterocycles. The van der Waals surface area contributed by atoms with E-state index in [2.05, 4.69) is 5.32 Å². The maximum atomic E-state index is 11.4. The van der Waals surface area contributed by atoms with Crippen molar-refractivity contribution in [3.63, 3.8) is 0 Å². The van der Waals surface area contributed by atoms with Crippen LogP contribution < -0.4 is 5.32 Å². The van der Waals surface area contributed by atoms with Gasteiger partial charge in [0.1, 0.15) is 6.61 Å². The largest absolute Gasteiger partial charge is 0.463 e. The van der Waals surface area contributed by atoms with Gasteiger partial charge in [-0.25, -0.2) is 0 Å². The van der Waals surface area contributed by atoms with Crippen molar-refractivity contribution >= 4 is 11.9 Å². The molecule has 2 unspecified atom stereocenters. The van der Waals surface area contributed by atoms with Gasteiger partial charge in [0, 0.05) is 19.8 Å². The van der Waals surface area contributed by atoms with E-state index in [9.17, 15) is 9.59 Å². The highest BCUT2D eigenvalue weighted by molar-refractivity contribution is 5.73. The summed E-state index contributed by atoms with van der Waals surface area (Å²) in [5.74, 6) is -0.488. The van der Waals surface area contributed by atoms with Gasteiger partial charge in [0.15, 0.2) is 0 Å². The van der Waals surface area contributed by atoms with Crippen LogP contribution in [-0.2, 0) is 30.4 Å². The van der Waals surface area contributed by atoms with E-state index < -0.39 is 0 Å². The Hall–Kier alpha value is -1.92. The van der Waals surface area contributed by atoms with Gasteiger partial charge in [-0.1, -0.05) is 37.3 Å². The van der Waals surface area contributed by atoms with Crippen LogP contribution in [0.4, 0.5) is 0 Å². The molecule has 1 aromatic rings. The number of amides is 1. The lowest BCUT2D eigenvalue weighted by Gasteiger charge is -2.41. The van der Waals surface area contributed by atoms with Gasteiger partial charge < -0.3 is 19.5 Å². The van der Waals surface area contributed by atoms with Crippen LogP contribution in [0.3, 0.4) is 0 Å². The number of nitrogens with one attached hydrogen (secondary N) is 1. The van der Waals surface area contributed by atoms with Crippen molar-refractivity contribution in [3.8, 4) is 0 Å². The summed E-state index contributed by atoms with van der Waals surface area (Å²) < 4.78 is 16.9. The number of benzene rings is 1. The van der Waals surface area contributed by atoms with Crippen molar-refractivity contribution in [2.24, 2.45) is 5.92 Å². The normalized spacial score (nSPS) is 26.6. The van der Waals surface area contributed by atoms with Crippen LogP contribution in [-0.4, -0.2) is 43.3 Å². The Balaban J connectivity index is 2.02. The second-order valence-corrected chi connectivity index (χ2v) is 6.10. The van der Waals surface area contributed by atoms with Crippen molar-refractivity contribution in [1.29, 1.82) is 0 Å². The standard InChI is InChI=1S/C18H25NO5/c1-12-17(11-22-14(3)21)23-10-16(19-13(2)20)18(12)24-9-15-7-5-4-6-8-15/h4-8,12,16-18H,9-11H2,1-3H3,(H,19,20)/t12-,16?,17?,18-/m1/s1. The van der Waals surface area contributed by atoms with Gasteiger partial charge in [-0.15, -0.1) is 0 Å². The Bertz CT molecular complexity index is 548. The number of carbonyl (C=O) groups excluding carboxylic acids is 2. The molecular formula is C18H25NO5. The quantitative estimate of drug-likeness (QED) is 0.801. The van der Waals surface area contributed by atoms with Crippen molar-refractivity contribution in [3.05, 3.63) is 35.9 Å². The van der Waals surface area contributed by atoms with Crippen LogP contribution in [0.25, 0.3) is 0 Å². The molecule has 0 aliphatic carbocycles. The SMILES string of the molecule is CC(=O)NC1COC(COC(C)=O)[C@@H](C)[C@H]1OCc1ccccc1. The number of hydrogen-bond donors (Lipinski definition) is 1. The fraction of sp³-hybridized carbons (Fsp3) is 0.556. The molecule has 0 aromatic heterocycles. The summed E-state index contributed by atoms with van der Waals surface area (Å²) in [5.41, 5.74) is 1.06. The van der Waals surface area contributed by atoms with E-state index in [4.69, 9.17) is 14.2 Å². The second kappa shape index (κ2) is 8.80. The molecule has 1 fully saturated rings. The zero-order valence-corrected chi connectivity index (χ0v) is 14.4. The lowest BCUT2D eigenvalue weighted by Crippen LogP contribution is -2.57. The number of ether oxygens (including phenoxy) is 3. The third kappa shape index (κ3) is 5.32. The number of esters is 1. The summed E-state index contributed by atoms with van der Waals surface area (Å²) in [4.78, 5) is 22.5. The predicted molar refractivity (Wildman–Crippen MR) is 88.2 cm³/mol. The fourth-order valence-electron chi connectivity index (χ4n) is 2.87. The smallest absolute Gasteiger partial charge is 0.302 e. The van der Waals surface area contributed by atoms with Gasteiger partial charge in [-0.05, 0) is 5.56 Å². The van der Waals surface area contributed by atoms with E-state index >= 15 is 0 Å². The van der Waals surface area contributed by atoms with Crippen LogP contribution >= 0.6 is 0 Å². The first-order chi connectivity index (χ1) is 11.5. The summed E-state index contributed by atoms with van der Waals surface area (Å²) in [7, 11) is 0. The van der Waals surface area contributed by atoms with E-state index in [1.165, 1.54) is 13.8 Å². The van der Waals surface area contributed by atoms with Crippen molar-refractivity contribution in [1.82, 2.24) is 5.32 Å². The molecule has 4 atom stereocenters. The number of rotatable bonds is 6. The Kier molecular flexibility index (Phi) is 6.75. The molecule has 132 valence electrons. The summed E-state index contributed by atoms with van der Waals surface area (Å²) >= 11 is 0. The zero-order chi connectivity index (χ0) is 17.5. The minimum absolute atomic E-state index is 0.0290. The third-order valence-corrected chi connectivity index (χ3v) is 4.12. The predicted octanol–water partition coefficient (Wildman–Crippen LogP) is 1.67. The summed E-state index contributed by atoms with van der Waals surface area (Å²) in [6.07, 6.45) is -0.469. The first-order valence-electron chi connectivity index (χ1n) is 8.15. The van der Waals surface area contributed by atoms with E-state index in [-0.39, 0.29) is 42.7 Å². The van der Waals surface area contributed by atoms with Crippen LogP contribution in [0.1, 0.15) is 26.3 Å². The maximum absolute atomic E-state index is 11.4. The van der Waals surface area contributed by atoms with Crippen LogP contribution in [0.15, 0.2) is 30.3 Å². The molecule has 1 saturated heterocycles. The third-order valence-electron chi connectivity index (χ3n) is 4.12. The first kappa shape index (κ1) is 18.4. The van der Waals surface area contributed by atoms with Crippen LogP contribution in [0, 0.1) is 5.92 Å². The van der Waals surface area contributed by atoms with Gasteiger partial charge in [0.25, 0.3) is 0 Å². The summed E-state index contributed by atoms with van der Waals surface area (Å²) in [6.45, 7) is 5.80. The van der Waals surface area contributed by atoms with Crippen molar-refractivity contribution in [2.45, 2.75) is 45.6 Å². The number of carbonyl (C=O) groups is 2. The molecule has 24 heavy (non-hydrogen) atoms. The van der Waals surface area contributed by atoms with E-state index in [1.54, 1.807) is 0 Å². The molecule has 1 aromatic carbocycles. The molecule has 1 amide bonds. The highest BCUT2D eigenvalue weighted by Crippen LogP contribution is 2.25. The minimum Gasteiger partial charge on any atom is -0.463 e. The minimum atomic E-state index is -0.337. The van der Waals surface area contributed by atoms with Gasteiger partial charge >= 0.3 is 5.97 Å². The molecular weight excluding hydrogens is 310 g/mol. The fourth-order valence-corrected chi connectivity index (χ4v) is 2.87. The van der Waals surface area contributed by atoms with E-state index in [0.29, 0.717) is 13.2 Å². The van der Waals surface area contributed by atoms with Crippen molar-refractivity contribution < 1.29 is 23.8 Å². The topological polar surface area (TPSA) is 73.9 Å². The van der Waals surface area contributed by atoms with Gasteiger partial charge in [-0.2, -0.15) is 0 Å². The lowest BCUT2D eigenvalue weighted by molar-refractivity contribution is -0.166. The highest BCUT2D eigenvalue weighted by Gasteiger charge is 2.39. The molecule has 6 heteroatoms. The average Bonchev–Trinajstić information content (AvgIpc) is 2.54. The Labute approximate surface area is 142 Å². The summed E-state index contributed by atoms with van der Waals surface area (Å²) in [6, 6.07) is 9.63.